The maximum Gasteiger partial charge on any atom is 0.223 e. The molecule has 3 atom stereocenters. The molecule has 0 bridgehead atoms. The van der Waals surface area contributed by atoms with E-state index in [2.05, 4.69) is 25.3 Å². The summed E-state index contributed by atoms with van der Waals surface area (Å²) < 4.78 is 0. The van der Waals surface area contributed by atoms with Crippen LogP contribution < -0.4 is 0 Å². The van der Waals surface area contributed by atoms with E-state index in [0.29, 0.717) is 30.3 Å². The second kappa shape index (κ2) is 3.99. The fraction of sp³-hybridized carbons (Fsp3) is 0.769. The maximum atomic E-state index is 12.1. The molecule has 0 unspecified atom stereocenters. The van der Waals surface area contributed by atoms with Crippen LogP contribution in [0.2, 0.25) is 0 Å². The number of carbonyl (C=O) groups excluding carboxylic acids is 1. The van der Waals surface area contributed by atoms with Crippen LogP contribution in [0, 0.1) is 11.8 Å². The van der Waals surface area contributed by atoms with Gasteiger partial charge in [-0.15, -0.1) is 6.58 Å². The zero-order valence-corrected chi connectivity index (χ0v) is 9.78. The van der Waals surface area contributed by atoms with E-state index in [1.54, 1.807) is 0 Å². The maximum absolute atomic E-state index is 12.1. The molecule has 0 spiro atoms. The Balaban J connectivity index is 2.05. The molecule has 1 amide bonds. The summed E-state index contributed by atoms with van der Waals surface area (Å²) in [6, 6.07) is 0.855. The Bertz CT molecular complexity index is 272. The van der Waals surface area contributed by atoms with Gasteiger partial charge in [-0.2, -0.15) is 0 Å². The highest BCUT2D eigenvalue weighted by Crippen LogP contribution is 2.44. The average Bonchev–Trinajstić information content (AvgIpc) is 2.37. The summed E-state index contributed by atoms with van der Waals surface area (Å²) in [6.45, 7) is 8.07. The third-order valence-electron chi connectivity index (χ3n) is 3.78. The lowest BCUT2D eigenvalue weighted by atomic mass is 9.80. The van der Waals surface area contributed by atoms with Crippen molar-refractivity contribution >= 4 is 5.91 Å². The van der Waals surface area contributed by atoms with Crippen LogP contribution in [0.4, 0.5) is 0 Å². The molecule has 1 heterocycles. The van der Waals surface area contributed by atoms with Gasteiger partial charge in [-0.1, -0.05) is 19.9 Å². The summed E-state index contributed by atoms with van der Waals surface area (Å²) >= 11 is 0. The predicted octanol–water partition coefficient (Wildman–Crippen LogP) is 2.60. The quantitative estimate of drug-likeness (QED) is 0.651. The normalized spacial score (nSPS) is 33.8. The molecule has 2 fully saturated rings. The van der Waals surface area contributed by atoms with Crippen molar-refractivity contribution in [1.82, 2.24) is 4.90 Å². The van der Waals surface area contributed by atoms with Crippen molar-refractivity contribution < 1.29 is 4.79 Å². The lowest BCUT2D eigenvalue weighted by molar-refractivity contribution is -0.135. The topological polar surface area (TPSA) is 20.3 Å². The van der Waals surface area contributed by atoms with Crippen LogP contribution in [-0.2, 0) is 4.79 Å². The minimum absolute atomic E-state index is 0.314. The minimum atomic E-state index is 0.314. The van der Waals surface area contributed by atoms with Gasteiger partial charge < -0.3 is 4.90 Å². The van der Waals surface area contributed by atoms with E-state index in [-0.39, 0.29) is 0 Å². The molecule has 1 aliphatic heterocycles. The fourth-order valence-electron chi connectivity index (χ4n) is 2.90. The number of likely N-dealkylation sites (tertiary alicyclic amines) is 1. The van der Waals surface area contributed by atoms with Gasteiger partial charge in [-0.3, -0.25) is 4.79 Å². The Morgan fingerprint density at radius 3 is 2.73 bits per heavy atom. The van der Waals surface area contributed by atoms with Gasteiger partial charge in [0.25, 0.3) is 0 Å². The van der Waals surface area contributed by atoms with Crippen molar-refractivity contribution in [3.8, 4) is 0 Å². The van der Waals surface area contributed by atoms with Crippen LogP contribution in [0.25, 0.3) is 0 Å². The number of hydrogen-bond donors (Lipinski definition) is 0. The van der Waals surface area contributed by atoms with Crippen molar-refractivity contribution in [2.45, 2.75) is 51.6 Å². The van der Waals surface area contributed by atoms with E-state index >= 15 is 0 Å². The first-order valence-electron chi connectivity index (χ1n) is 6.07. The number of fused-ring (bicyclic) bond motifs is 1. The standard InChI is InChI=1S/C13H21NO/c1-4-11-8-10-5-6-12(10)14(11)13(15)7-9(2)3/h4,9-12H,1,5-8H2,2-3H3/t10-,11-,12-/m1/s1. The van der Waals surface area contributed by atoms with Gasteiger partial charge in [0, 0.05) is 12.5 Å². The van der Waals surface area contributed by atoms with E-state index in [9.17, 15) is 4.79 Å². The van der Waals surface area contributed by atoms with Crippen molar-refractivity contribution in [2.24, 2.45) is 11.8 Å². The van der Waals surface area contributed by atoms with Crippen molar-refractivity contribution in [3.05, 3.63) is 12.7 Å². The van der Waals surface area contributed by atoms with Crippen molar-refractivity contribution in [1.29, 1.82) is 0 Å². The molecule has 0 radical (unpaired) electrons. The zero-order valence-electron chi connectivity index (χ0n) is 9.78. The van der Waals surface area contributed by atoms with Gasteiger partial charge in [-0.25, -0.2) is 0 Å². The van der Waals surface area contributed by atoms with Crippen LogP contribution in [0.15, 0.2) is 12.7 Å². The third kappa shape index (κ3) is 1.82. The molecular formula is C13H21NO. The van der Waals surface area contributed by atoms with Gasteiger partial charge in [-0.05, 0) is 31.1 Å². The van der Waals surface area contributed by atoms with Crippen LogP contribution in [0.1, 0.15) is 39.5 Å². The fourth-order valence-corrected chi connectivity index (χ4v) is 2.90. The van der Waals surface area contributed by atoms with E-state index in [0.717, 1.165) is 12.3 Å². The minimum Gasteiger partial charge on any atom is -0.333 e. The summed E-state index contributed by atoms with van der Waals surface area (Å²) in [6.07, 6.45) is 6.31. The van der Waals surface area contributed by atoms with Crippen LogP contribution in [0.5, 0.6) is 0 Å². The molecule has 2 aliphatic rings. The number of amides is 1. The van der Waals surface area contributed by atoms with Gasteiger partial charge in [0.15, 0.2) is 0 Å². The molecule has 1 aliphatic carbocycles. The van der Waals surface area contributed by atoms with Crippen LogP contribution in [0.3, 0.4) is 0 Å². The molecule has 0 aromatic rings. The number of carbonyl (C=O) groups is 1. The van der Waals surface area contributed by atoms with Gasteiger partial charge in [0.05, 0.1) is 6.04 Å². The highest BCUT2D eigenvalue weighted by atomic mass is 16.2. The summed E-state index contributed by atoms with van der Waals surface area (Å²) in [5, 5.41) is 0. The lowest BCUT2D eigenvalue weighted by Crippen LogP contribution is -2.45. The summed E-state index contributed by atoms with van der Waals surface area (Å²) in [5.74, 6) is 1.56. The summed E-state index contributed by atoms with van der Waals surface area (Å²) in [4.78, 5) is 14.2. The van der Waals surface area contributed by atoms with Crippen LogP contribution in [-0.4, -0.2) is 22.9 Å². The molecule has 2 heteroatoms. The van der Waals surface area contributed by atoms with E-state index in [4.69, 9.17) is 0 Å². The zero-order chi connectivity index (χ0) is 11.0. The first kappa shape index (κ1) is 10.7. The summed E-state index contributed by atoms with van der Waals surface area (Å²) in [7, 11) is 0. The van der Waals surface area contributed by atoms with E-state index < -0.39 is 0 Å². The Kier molecular flexibility index (Phi) is 2.85. The van der Waals surface area contributed by atoms with E-state index in [1.165, 1.54) is 12.8 Å². The SMILES string of the molecule is C=C[C@@H]1C[C@H]2CC[C@H]2N1C(=O)CC(C)C. The first-order chi connectivity index (χ1) is 7.13. The number of rotatable bonds is 3. The molecule has 2 nitrogen and oxygen atoms in total. The van der Waals surface area contributed by atoms with Gasteiger partial charge >= 0.3 is 0 Å². The smallest absolute Gasteiger partial charge is 0.223 e. The molecule has 15 heavy (non-hydrogen) atoms. The molecule has 0 N–H and O–H groups in total. The second-order valence-corrected chi connectivity index (χ2v) is 5.34. The Morgan fingerprint density at radius 2 is 2.27 bits per heavy atom. The first-order valence-corrected chi connectivity index (χ1v) is 6.07. The van der Waals surface area contributed by atoms with E-state index in [1.807, 2.05) is 6.08 Å². The largest absolute Gasteiger partial charge is 0.333 e. The average molecular weight is 207 g/mol. The summed E-state index contributed by atoms with van der Waals surface area (Å²) in [5.41, 5.74) is 0. The van der Waals surface area contributed by atoms with Gasteiger partial charge in [0.1, 0.15) is 0 Å². The number of nitrogens with zero attached hydrogens (tertiary/aromatic N) is 1. The van der Waals surface area contributed by atoms with Crippen LogP contribution >= 0.6 is 0 Å². The monoisotopic (exact) mass is 207 g/mol. The van der Waals surface area contributed by atoms with Crippen molar-refractivity contribution in [3.63, 3.8) is 0 Å². The highest BCUT2D eigenvalue weighted by molar-refractivity contribution is 5.78. The molecule has 1 saturated heterocycles. The third-order valence-corrected chi connectivity index (χ3v) is 3.78. The molecule has 84 valence electrons. The van der Waals surface area contributed by atoms with Gasteiger partial charge in [0.2, 0.25) is 5.91 Å². The molecule has 0 aromatic heterocycles. The molecule has 2 rings (SSSR count). The predicted molar refractivity (Wildman–Crippen MR) is 61.4 cm³/mol. The number of hydrogen-bond acceptors (Lipinski definition) is 1. The molecule has 0 aromatic carbocycles. The Morgan fingerprint density at radius 1 is 1.53 bits per heavy atom. The second-order valence-electron chi connectivity index (χ2n) is 5.34. The Labute approximate surface area is 92.3 Å². The Hall–Kier alpha value is -0.790. The lowest BCUT2D eigenvalue weighted by Gasteiger charge is -2.37. The molecule has 1 saturated carbocycles. The van der Waals surface area contributed by atoms with Crippen molar-refractivity contribution in [2.75, 3.05) is 0 Å². The molecular weight excluding hydrogens is 186 g/mol. The highest BCUT2D eigenvalue weighted by Gasteiger charge is 2.47.